The minimum atomic E-state index is -0.0606. The maximum absolute atomic E-state index is 12.7. The number of rotatable bonds is 10. The number of carbonyl (C=O) groups is 1. The van der Waals surface area contributed by atoms with Crippen molar-refractivity contribution in [2.24, 2.45) is 0 Å². The van der Waals surface area contributed by atoms with Crippen molar-refractivity contribution in [1.82, 2.24) is 15.1 Å². The second kappa shape index (κ2) is 11.0. The Bertz CT molecular complexity index is 772. The predicted molar refractivity (Wildman–Crippen MR) is 119 cm³/mol. The van der Waals surface area contributed by atoms with Gasteiger partial charge in [-0.3, -0.25) is 9.69 Å². The summed E-state index contributed by atoms with van der Waals surface area (Å²) >= 11 is 0. The Morgan fingerprint density at radius 1 is 1.07 bits per heavy atom. The summed E-state index contributed by atoms with van der Waals surface area (Å²) in [4.78, 5) is 17.2. The maximum Gasteiger partial charge on any atom is 0.251 e. The fourth-order valence-electron chi connectivity index (χ4n) is 3.46. The van der Waals surface area contributed by atoms with Gasteiger partial charge in [0.1, 0.15) is 5.75 Å². The summed E-state index contributed by atoms with van der Waals surface area (Å²) in [6.45, 7) is 8.99. The van der Waals surface area contributed by atoms with Gasteiger partial charge in [-0.1, -0.05) is 37.3 Å². The molecule has 2 aromatic rings. The molecule has 0 radical (unpaired) electrons. The van der Waals surface area contributed by atoms with Crippen LogP contribution in [0.1, 0.15) is 48.3 Å². The van der Waals surface area contributed by atoms with E-state index in [9.17, 15) is 4.79 Å². The average molecular weight is 398 g/mol. The molecule has 0 bridgehead atoms. The van der Waals surface area contributed by atoms with Crippen LogP contribution in [0.25, 0.3) is 0 Å². The summed E-state index contributed by atoms with van der Waals surface area (Å²) in [6.07, 6.45) is 0. The zero-order chi connectivity index (χ0) is 21.4. The Morgan fingerprint density at radius 2 is 1.72 bits per heavy atom. The van der Waals surface area contributed by atoms with Crippen molar-refractivity contribution >= 4 is 5.91 Å². The van der Waals surface area contributed by atoms with E-state index in [0.29, 0.717) is 18.2 Å². The van der Waals surface area contributed by atoms with E-state index < -0.39 is 0 Å². The third kappa shape index (κ3) is 6.31. The van der Waals surface area contributed by atoms with E-state index >= 15 is 0 Å². The first-order chi connectivity index (χ1) is 13.9. The molecule has 1 atom stereocenters. The van der Waals surface area contributed by atoms with Crippen molar-refractivity contribution in [2.75, 3.05) is 34.3 Å². The number of nitrogens with one attached hydrogen (secondary N) is 1. The van der Waals surface area contributed by atoms with E-state index in [1.807, 2.05) is 62.6 Å². The summed E-state index contributed by atoms with van der Waals surface area (Å²) in [6, 6.07) is 16.4. The van der Waals surface area contributed by atoms with E-state index in [0.717, 1.165) is 24.4 Å². The fraction of sp³-hybridized carbons (Fsp3) is 0.458. The van der Waals surface area contributed by atoms with Crippen molar-refractivity contribution < 1.29 is 9.53 Å². The van der Waals surface area contributed by atoms with Gasteiger partial charge >= 0.3 is 0 Å². The molecule has 0 fully saturated rings. The number of amides is 1. The van der Waals surface area contributed by atoms with Gasteiger partial charge in [0.25, 0.3) is 5.91 Å². The van der Waals surface area contributed by atoms with E-state index in [-0.39, 0.29) is 11.9 Å². The molecule has 2 aromatic carbocycles. The van der Waals surface area contributed by atoms with Crippen molar-refractivity contribution in [1.29, 1.82) is 0 Å². The molecular formula is C24H35N3O2. The lowest BCUT2D eigenvalue weighted by molar-refractivity contribution is 0.0941. The van der Waals surface area contributed by atoms with Gasteiger partial charge in [0.05, 0.1) is 13.2 Å². The van der Waals surface area contributed by atoms with E-state index in [2.05, 4.69) is 35.9 Å². The molecule has 2 rings (SSSR count). The number of hydrogen-bond donors (Lipinski definition) is 1. The summed E-state index contributed by atoms with van der Waals surface area (Å²) in [7, 11) is 5.68. The van der Waals surface area contributed by atoms with Gasteiger partial charge in [-0.2, -0.15) is 0 Å². The number of likely N-dealkylation sites (N-methyl/N-ethyl adjacent to an activating group) is 1. The fourth-order valence-corrected chi connectivity index (χ4v) is 3.46. The molecule has 0 saturated carbocycles. The predicted octanol–water partition coefficient (Wildman–Crippen LogP) is 3.96. The van der Waals surface area contributed by atoms with Gasteiger partial charge in [0, 0.05) is 30.3 Å². The highest BCUT2D eigenvalue weighted by molar-refractivity contribution is 5.94. The minimum Gasteiger partial charge on any atom is -0.496 e. The smallest absolute Gasteiger partial charge is 0.251 e. The molecular weight excluding hydrogens is 362 g/mol. The van der Waals surface area contributed by atoms with E-state index in [1.54, 1.807) is 7.11 Å². The second-order valence-electron chi connectivity index (χ2n) is 7.79. The van der Waals surface area contributed by atoms with Gasteiger partial charge in [0.2, 0.25) is 0 Å². The molecule has 0 saturated heterocycles. The standard InChI is InChI=1S/C24H35N3O2/c1-7-27(18(2)3)17-19-12-14-20(15-13-19)24(28)25-16-22(26(4)5)21-10-8-9-11-23(21)29-6/h8-15,18,22H,7,16-17H2,1-6H3,(H,25,28). The van der Waals surface area contributed by atoms with Crippen LogP contribution in [-0.2, 0) is 6.54 Å². The first-order valence-electron chi connectivity index (χ1n) is 10.3. The Hall–Kier alpha value is -2.37. The first kappa shape index (κ1) is 22.9. The van der Waals surface area contributed by atoms with Gasteiger partial charge in [-0.05, 0) is 58.3 Å². The average Bonchev–Trinajstić information content (AvgIpc) is 2.72. The lowest BCUT2D eigenvalue weighted by Gasteiger charge is -2.26. The third-order valence-corrected chi connectivity index (χ3v) is 5.32. The van der Waals surface area contributed by atoms with Crippen LogP contribution in [0.4, 0.5) is 0 Å². The van der Waals surface area contributed by atoms with Crippen LogP contribution in [0.3, 0.4) is 0 Å². The Labute approximate surface area is 175 Å². The molecule has 0 aliphatic heterocycles. The van der Waals surface area contributed by atoms with Crippen LogP contribution < -0.4 is 10.1 Å². The normalized spacial score (nSPS) is 12.4. The molecule has 1 N–H and O–H groups in total. The number of hydrogen-bond acceptors (Lipinski definition) is 4. The quantitative estimate of drug-likeness (QED) is 0.659. The lowest BCUT2D eigenvalue weighted by Crippen LogP contribution is -2.34. The van der Waals surface area contributed by atoms with Crippen LogP contribution in [0.15, 0.2) is 48.5 Å². The highest BCUT2D eigenvalue weighted by Crippen LogP contribution is 2.27. The number of carbonyl (C=O) groups excluding carboxylic acids is 1. The van der Waals surface area contributed by atoms with Crippen LogP contribution in [0, 0.1) is 0 Å². The topological polar surface area (TPSA) is 44.8 Å². The van der Waals surface area contributed by atoms with Crippen LogP contribution in [0.5, 0.6) is 5.75 Å². The zero-order valence-corrected chi connectivity index (χ0v) is 18.6. The Morgan fingerprint density at radius 3 is 2.28 bits per heavy atom. The van der Waals surface area contributed by atoms with Crippen molar-refractivity contribution in [3.05, 3.63) is 65.2 Å². The van der Waals surface area contributed by atoms with Gasteiger partial charge < -0.3 is 15.0 Å². The number of ether oxygens (including phenoxy) is 1. The van der Waals surface area contributed by atoms with Crippen molar-refractivity contribution in [2.45, 2.75) is 39.4 Å². The molecule has 0 aliphatic rings. The molecule has 0 aliphatic carbocycles. The summed E-state index contributed by atoms with van der Waals surface area (Å²) in [5, 5.41) is 3.07. The Balaban J connectivity index is 2.03. The zero-order valence-electron chi connectivity index (χ0n) is 18.6. The van der Waals surface area contributed by atoms with E-state index in [4.69, 9.17) is 4.74 Å². The summed E-state index contributed by atoms with van der Waals surface area (Å²) in [5.41, 5.74) is 2.96. The molecule has 5 nitrogen and oxygen atoms in total. The van der Waals surface area contributed by atoms with Gasteiger partial charge in [-0.25, -0.2) is 0 Å². The number of methoxy groups -OCH3 is 1. The number of para-hydroxylation sites is 1. The molecule has 0 heterocycles. The van der Waals surface area contributed by atoms with Gasteiger partial charge in [0.15, 0.2) is 0 Å². The highest BCUT2D eigenvalue weighted by atomic mass is 16.5. The van der Waals surface area contributed by atoms with Crippen molar-refractivity contribution in [3.8, 4) is 5.75 Å². The van der Waals surface area contributed by atoms with Crippen LogP contribution in [0.2, 0.25) is 0 Å². The number of benzene rings is 2. The molecule has 0 spiro atoms. The third-order valence-electron chi connectivity index (χ3n) is 5.32. The van der Waals surface area contributed by atoms with Crippen molar-refractivity contribution in [3.63, 3.8) is 0 Å². The first-order valence-corrected chi connectivity index (χ1v) is 10.3. The monoisotopic (exact) mass is 397 g/mol. The molecule has 1 unspecified atom stereocenters. The lowest BCUT2D eigenvalue weighted by atomic mass is 10.0. The molecule has 158 valence electrons. The molecule has 5 heteroatoms. The second-order valence-corrected chi connectivity index (χ2v) is 7.79. The van der Waals surface area contributed by atoms with Crippen LogP contribution >= 0.6 is 0 Å². The minimum absolute atomic E-state index is 0.0264. The highest BCUT2D eigenvalue weighted by Gasteiger charge is 2.19. The van der Waals surface area contributed by atoms with Crippen LogP contribution in [-0.4, -0.2) is 56.0 Å². The molecule has 29 heavy (non-hydrogen) atoms. The maximum atomic E-state index is 12.7. The molecule has 0 aromatic heterocycles. The van der Waals surface area contributed by atoms with Gasteiger partial charge in [-0.15, -0.1) is 0 Å². The largest absolute Gasteiger partial charge is 0.496 e. The molecule has 1 amide bonds. The van der Waals surface area contributed by atoms with E-state index in [1.165, 1.54) is 5.56 Å². The number of nitrogens with zero attached hydrogens (tertiary/aromatic N) is 2. The SMILES string of the molecule is CCN(Cc1ccc(C(=O)NCC(c2ccccc2OC)N(C)C)cc1)C(C)C. The summed E-state index contributed by atoms with van der Waals surface area (Å²) in [5.74, 6) is 0.768. The Kier molecular flexibility index (Phi) is 8.68. The summed E-state index contributed by atoms with van der Waals surface area (Å²) < 4.78 is 5.50.